The Kier molecular flexibility index (Phi) is 6.96. The van der Waals surface area contributed by atoms with E-state index in [1.807, 2.05) is 74.4 Å². The van der Waals surface area contributed by atoms with Gasteiger partial charge in [0.05, 0.1) is 21.2 Å². The van der Waals surface area contributed by atoms with Crippen LogP contribution >= 0.6 is 34.4 Å². The monoisotopic (exact) mass is 498 g/mol. The predicted octanol–water partition coefficient (Wildman–Crippen LogP) is 6.36. The van der Waals surface area contributed by atoms with Crippen LogP contribution in [0.4, 0.5) is 11.4 Å². The van der Waals surface area contributed by atoms with E-state index in [4.69, 9.17) is 0 Å². The zero-order chi connectivity index (χ0) is 23.5. The number of aromatic nitrogens is 1. The summed E-state index contributed by atoms with van der Waals surface area (Å²) in [5.74, 6) is -0.318. The first kappa shape index (κ1) is 23.2. The van der Waals surface area contributed by atoms with Gasteiger partial charge in [-0.2, -0.15) is 0 Å². The summed E-state index contributed by atoms with van der Waals surface area (Å²) in [7, 11) is 3.93. The number of para-hydroxylation sites is 1. The Labute approximate surface area is 203 Å². The van der Waals surface area contributed by atoms with E-state index < -0.39 is 4.92 Å². The van der Waals surface area contributed by atoms with Crippen molar-refractivity contribution in [3.63, 3.8) is 0 Å². The Morgan fingerprint density at radius 1 is 1.18 bits per heavy atom. The molecule has 0 fully saturated rings. The summed E-state index contributed by atoms with van der Waals surface area (Å²) in [6, 6.07) is 16.9. The number of anilines is 1. The fraction of sp³-hybridized carbons (Fsp3) is 0.217. The molecule has 0 aliphatic carbocycles. The van der Waals surface area contributed by atoms with Crippen molar-refractivity contribution in [2.45, 2.75) is 27.9 Å². The number of thiophene rings is 1. The molecule has 2 heterocycles. The second kappa shape index (κ2) is 9.90. The molecule has 4 rings (SSSR count). The summed E-state index contributed by atoms with van der Waals surface area (Å²) in [5.41, 5.74) is 2.82. The summed E-state index contributed by atoms with van der Waals surface area (Å²) < 4.78 is 2.18. The molecule has 0 aliphatic rings. The number of rotatable bonds is 8. The largest absolute Gasteiger partial charge is 0.378 e. The van der Waals surface area contributed by atoms with Gasteiger partial charge in [-0.05, 0) is 48.0 Å². The minimum Gasteiger partial charge on any atom is -0.378 e. The Morgan fingerprint density at radius 2 is 1.97 bits per heavy atom. The third-order valence-corrected chi connectivity index (χ3v) is 8.47. The molecule has 2 aromatic heterocycles. The van der Waals surface area contributed by atoms with Gasteiger partial charge in [0.25, 0.3) is 11.6 Å². The lowest BCUT2D eigenvalue weighted by Gasteiger charge is -2.20. The third-order valence-electron chi connectivity index (χ3n) is 5.06. The number of nitrogens with one attached hydrogen (secondary N) is 1. The highest BCUT2D eigenvalue weighted by atomic mass is 32.2. The zero-order valence-electron chi connectivity index (χ0n) is 18.3. The average molecular weight is 499 g/mol. The number of benzene rings is 2. The maximum atomic E-state index is 13.0. The van der Waals surface area contributed by atoms with E-state index in [1.165, 1.54) is 29.2 Å². The number of fused-ring (bicyclic) bond motifs is 1. The predicted molar refractivity (Wildman–Crippen MR) is 136 cm³/mol. The number of hydrogen-bond donors (Lipinski definition) is 1. The van der Waals surface area contributed by atoms with Crippen LogP contribution in [0.15, 0.2) is 63.1 Å². The van der Waals surface area contributed by atoms with Crippen LogP contribution in [0.1, 0.15) is 34.6 Å². The first-order valence-corrected chi connectivity index (χ1v) is 12.7. The van der Waals surface area contributed by atoms with Crippen LogP contribution in [0.3, 0.4) is 0 Å². The van der Waals surface area contributed by atoms with Crippen molar-refractivity contribution in [2.75, 3.05) is 19.0 Å². The molecule has 4 aromatic rings. The quantitative estimate of drug-likeness (QED) is 0.224. The van der Waals surface area contributed by atoms with E-state index in [1.54, 1.807) is 0 Å². The molecule has 0 bridgehead atoms. The molecule has 2 aromatic carbocycles. The molecule has 0 spiro atoms. The number of hydrogen-bond acceptors (Lipinski definition) is 8. The van der Waals surface area contributed by atoms with E-state index in [-0.39, 0.29) is 17.6 Å². The molecule has 1 N–H and O–H groups in total. The molecule has 10 heteroatoms. The van der Waals surface area contributed by atoms with Crippen LogP contribution in [-0.4, -0.2) is 29.9 Å². The van der Waals surface area contributed by atoms with Gasteiger partial charge < -0.3 is 10.2 Å². The number of nitro groups is 1. The first-order valence-electron chi connectivity index (χ1n) is 10.3. The molecular formula is C23H22N4O3S3. The van der Waals surface area contributed by atoms with E-state index in [0.29, 0.717) is 19.8 Å². The van der Waals surface area contributed by atoms with Gasteiger partial charge in [-0.25, -0.2) is 4.98 Å². The standard InChI is InChI=1S/C23H22N4O3S3/c1-4-16(14-8-7-9-15(12-14)26(2)3)24-21(28)20-13-18(27(29)30)22(31-20)33-23-25-17-10-5-6-11-19(17)32-23/h5-13,16H,4H2,1-3H3,(H,24,28). The molecule has 1 atom stereocenters. The summed E-state index contributed by atoms with van der Waals surface area (Å²) in [4.78, 5) is 31.1. The lowest BCUT2D eigenvalue weighted by Crippen LogP contribution is -2.27. The molecule has 0 aliphatic heterocycles. The van der Waals surface area contributed by atoms with Gasteiger partial charge >= 0.3 is 0 Å². The molecular weight excluding hydrogens is 476 g/mol. The van der Waals surface area contributed by atoms with Crippen LogP contribution in [0, 0.1) is 10.1 Å². The minimum atomic E-state index is -0.444. The summed E-state index contributed by atoms with van der Waals surface area (Å²) in [6.07, 6.45) is 0.698. The van der Waals surface area contributed by atoms with Crippen molar-refractivity contribution >= 4 is 61.9 Å². The maximum absolute atomic E-state index is 13.0. The lowest BCUT2D eigenvalue weighted by molar-refractivity contribution is -0.387. The van der Waals surface area contributed by atoms with E-state index >= 15 is 0 Å². The number of carbonyl (C=O) groups is 1. The molecule has 0 radical (unpaired) electrons. The van der Waals surface area contributed by atoms with Gasteiger partial charge in [-0.15, -0.1) is 22.7 Å². The molecule has 0 saturated carbocycles. The van der Waals surface area contributed by atoms with Gasteiger partial charge in [0.1, 0.15) is 9.09 Å². The Hall–Kier alpha value is -2.95. The Bertz CT molecular complexity index is 1280. The molecule has 7 nitrogen and oxygen atoms in total. The SMILES string of the molecule is CCC(NC(=O)c1cc([N+](=O)[O-])c(Sc2nc3ccccc3s2)s1)c1cccc(N(C)C)c1. The zero-order valence-corrected chi connectivity index (χ0v) is 20.7. The van der Waals surface area contributed by atoms with Crippen molar-refractivity contribution < 1.29 is 9.72 Å². The van der Waals surface area contributed by atoms with Crippen molar-refractivity contribution in [1.82, 2.24) is 10.3 Å². The van der Waals surface area contributed by atoms with Gasteiger partial charge in [-0.1, -0.05) is 31.2 Å². The molecule has 170 valence electrons. The van der Waals surface area contributed by atoms with E-state index in [0.717, 1.165) is 32.8 Å². The maximum Gasteiger partial charge on any atom is 0.294 e. The fourth-order valence-electron chi connectivity index (χ4n) is 3.32. The van der Waals surface area contributed by atoms with Crippen molar-refractivity contribution in [2.24, 2.45) is 0 Å². The van der Waals surface area contributed by atoms with E-state index in [2.05, 4.69) is 10.3 Å². The van der Waals surface area contributed by atoms with Crippen molar-refractivity contribution in [1.29, 1.82) is 0 Å². The Balaban J connectivity index is 1.57. The third kappa shape index (κ3) is 5.18. The molecule has 1 amide bonds. The molecule has 0 saturated heterocycles. The lowest BCUT2D eigenvalue weighted by atomic mass is 10.0. The first-order chi connectivity index (χ1) is 15.9. The van der Waals surface area contributed by atoms with Gasteiger partial charge in [0.2, 0.25) is 0 Å². The smallest absolute Gasteiger partial charge is 0.294 e. The Morgan fingerprint density at radius 3 is 2.67 bits per heavy atom. The van der Waals surface area contributed by atoms with Crippen LogP contribution in [0.5, 0.6) is 0 Å². The van der Waals surface area contributed by atoms with Crippen LogP contribution in [-0.2, 0) is 0 Å². The number of amides is 1. The van der Waals surface area contributed by atoms with Gasteiger partial charge in [-0.3, -0.25) is 14.9 Å². The second-order valence-electron chi connectivity index (χ2n) is 7.51. The molecule has 1 unspecified atom stereocenters. The highest BCUT2D eigenvalue weighted by Gasteiger charge is 2.25. The van der Waals surface area contributed by atoms with Gasteiger partial charge in [0.15, 0.2) is 4.34 Å². The van der Waals surface area contributed by atoms with Gasteiger partial charge in [0, 0.05) is 25.8 Å². The van der Waals surface area contributed by atoms with E-state index in [9.17, 15) is 14.9 Å². The van der Waals surface area contributed by atoms with Crippen molar-refractivity contribution in [3.8, 4) is 0 Å². The normalized spacial score (nSPS) is 12.0. The number of nitrogens with zero attached hydrogens (tertiary/aromatic N) is 3. The highest BCUT2D eigenvalue weighted by Crippen LogP contribution is 2.43. The average Bonchev–Trinajstić information content (AvgIpc) is 3.41. The highest BCUT2D eigenvalue weighted by molar-refractivity contribution is 8.03. The second-order valence-corrected chi connectivity index (χ2v) is 11.1. The summed E-state index contributed by atoms with van der Waals surface area (Å²) in [5, 5.41) is 14.7. The van der Waals surface area contributed by atoms with Crippen molar-refractivity contribution in [3.05, 3.63) is 75.2 Å². The number of carbonyl (C=O) groups excluding carboxylic acids is 1. The topological polar surface area (TPSA) is 88.4 Å². The minimum absolute atomic E-state index is 0.0722. The molecule has 33 heavy (non-hydrogen) atoms. The fourth-order valence-corrected chi connectivity index (χ4v) is 6.84. The van der Waals surface area contributed by atoms with Crippen LogP contribution in [0.25, 0.3) is 10.2 Å². The van der Waals surface area contributed by atoms with Crippen LogP contribution in [0.2, 0.25) is 0 Å². The van der Waals surface area contributed by atoms with Crippen LogP contribution < -0.4 is 10.2 Å². The summed E-state index contributed by atoms with van der Waals surface area (Å²) in [6.45, 7) is 2.00. The number of thiazole rings is 1. The summed E-state index contributed by atoms with van der Waals surface area (Å²) >= 11 is 3.83.